The summed E-state index contributed by atoms with van der Waals surface area (Å²) in [6.45, 7) is 8.30. The van der Waals surface area contributed by atoms with E-state index in [2.05, 4.69) is 25.4 Å². The molecule has 2 aliphatic carbocycles. The first kappa shape index (κ1) is 10.3. The van der Waals surface area contributed by atoms with Crippen LogP contribution in [0.25, 0.3) is 0 Å². The molecule has 0 aromatic carbocycles. The highest BCUT2D eigenvalue weighted by Gasteiger charge is 2.60. The molecule has 0 N–H and O–H groups in total. The van der Waals surface area contributed by atoms with Crippen LogP contribution in [0, 0.1) is 16.7 Å². The molecule has 80 valence electrons. The first-order valence-electron chi connectivity index (χ1n) is 5.27. The standard InChI is InChI=1S/C12H15NO2/c1-8-11(2,3)9-4-5-12(8,6-9)10(15)13-7-14/h9H,1,4-6H2,2-3H3/t9-,12-/m0/s1. The first-order valence-corrected chi connectivity index (χ1v) is 5.27. The van der Waals surface area contributed by atoms with E-state index in [1.54, 1.807) is 0 Å². The Balaban J connectivity index is 2.43. The zero-order valence-electron chi connectivity index (χ0n) is 9.17. The van der Waals surface area contributed by atoms with Gasteiger partial charge in [-0.2, -0.15) is 0 Å². The molecule has 0 spiro atoms. The number of carbonyl (C=O) groups excluding carboxylic acids is 2. The molecule has 2 bridgehead atoms. The van der Waals surface area contributed by atoms with Gasteiger partial charge in [0.1, 0.15) is 0 Å². The van der Waals surface area contributed by atoms with Crippen LogP contribution in [0.4, 0.5) is 0 Å². The topological polar surface area (TPSA) is 46.5 Å². The molecule has 1 amide bonds. The SMILES string of the molecule is C=C1C(C)(C)[C@H]2CC[C@]1(C(=O)N=C=O)C2. The lowest BCUT2D eigenvalue weighted by atomic mass is 9.68. The predicted octanol–water partition coefficient (Wildman–Crippen LogP) is 2.23. The van der Waals surface area contributed by atoms with E-state index in [0.717, 1.165) is 24.8 Å². The molecule has 3 heteroatoms. The van der Waals surface area contributed by atoms with Crippen LogP contribution in [-0.4, -0.2) is 12.0 Å². The molecule has 0 unspecified atom stereocenters. The van der Waals surface area contributed by atoms with Crippen LogP contribution in [0.1, 0.15) is 33.1 Å². The molecule has 2 aliphatic rings. The van der Waals surface area contributed by atoms with Crippen molar-refractivity contribution in [1.82, 2.24) is 0 Å². The summed E-state index contributed by atoms with van der Waals surface area (Å²) in [5.41, 5.74) is 0.410. The number of hydrogen-bond acceptors (Lipinski definition) is 2. The number of amides is 1. The summed E-state index contributed by atoms with van der Waals surface area (Å²) in [4.78, 5) is 25.3. The number of fused-ring (bicyclic) bond motifs is 2. The molecule has 0 aromatic heterocycles. The van der Waals surface area contributed by atoms with Crippen molar-refractivity contribution in [2.75, 3.05) is 0 Å². The third-order valence-electron chi connectivity index (χ3n) is 4.45. The molecule has 0 aliphatic heterocycles. The summed E-state index contributed by atoms with van der Waals surface area (Å²) >= 11 is 0. The van der Waals surface area contributed by atoms with Crippen molar-refractivity contribution in [2.45, 2.75) is 33.1 Å². The summed E-state index contributed by atoms with van der Waals surface area (Å²) in [7, 11) is 0. The molecule has 2 fully saturated rings. The second-order valence-electron chi connectivity index (χ2n) is 5.23. The largest absolute Gasteiger partial charge is 0.271 e. The average Bonchev–Trinajstić information content (AvgIpc) is 2.68. The van der Waals surface area contributed by atoms with Gasteiger partial charge in [-0.3, -0.25) is 4.79 Å². The highest BCUT2D eigenvalue weighted by Crippen LogP contribution is 2.65. The third kappa shape index (κ3) is 1.10. The fraction of sp³-hybridized carbons (Fsp3) is 0.667. The smallest absolute Gasteiger partial charge is 0.266 e. The van der Waals surface area contributed by atoms with Gasteiger partial charge in [0.05, 0.1) is 5.41 Å². The highest BCUT2D eigenvalue weighted by molar-refractivity contribution is 5.91. The Morgan fingerprint density at radius 2 is 2.27 bits per heavy atom. The van der Waals surface area contributed by atoms with Gasteiger partial charge in [0.15, 0.2) is 0 Å². The third-order valence-corrected chi connectivity index (χ3v) is 4.45. The maximum atomic E-state index is 11.8. The first-order chi connectivity index (χ1) is 6.95. The Labute approximate surface area is 89.3 Å². The number of rotatable bonds is 1. The summed E-state index contributed by atoms with van der Waals surface area (Å²) in [5.74, 6) is 0.173. The van der Waals surface area contributed by atoms with Gasteiger partial charge in [0.25, 0.3) is 5.91 Å². The molecule has 2 atom stereocenters. The van der Waals surface area contributed by atoms with Crippen molar-refractivity contribution in [2.24, 2.45) is 21.7 Å². The van der Waals surface area contributed by atoms with Crippen LogP contribution in [-0.2, 0) is 9.59 Å². The molecule has 15 heavy (non-hydrogen) atoms. The van der Waals surface area contributed by atoms with Crippen molar-refractivity contribution < 1.29 is 9.59 Å². The maximum Gasteiger partial charge on any atom is 0.266 e. The van der Waals surface area contributed by atoms with Gasteiger partial charge >= 0.3 is 0 Å². The van der Waals surface area contributed by atoms with E-state index in [1.807, 2.05) is 0 Å². The Kier molecular flexibility index (Phi) is 1.99. The second kappa shape index (κ2) is 2.89. The molecule has 0 saturated heterocycles. The number of hydrogen-bond donors (Lipinski definition) is 0. The van der Waals surface area contributed by atoms with Crippen LogP contribution in [0.3, 0.4) is 0 Å². The summed E-state index contributed by atoms with van der Waals surface area (Å²) in [6.07, 6.45) is 3.99. The molecule has 2 saturated carbocycles. The van der Waals surface area contributed by atoms with Crippen LogP contribution in [0.5, 0.6) is 0 Å². The van der Waals surface area contributed by atoms with Gasteiger partial charge in [-0.05, 0) is 30.6 Å². The van der Waals surface area contributed by atoms with E-state index in [-0.39, 0.29) is 11.3 Å². The van der Waals surface area contributed by atoms with Crippen molar-refractivity contribution >= 4 is 12.0 Å². The molecule has 2 rings (SSSR count). The number of carbonyl (C=O) groups is 1. The Bertz CT molecular complexity index is 390. The molecule has 0 aromatic rings. The summed E-state index contributed by atoms with van der Waals surface area (Å²) < 4.78 is 0. The van der Waals surface area contributed by atoms with Gasteiger partial charge in [-0.1, -0.05) is 26.0 Å². The second-order valence-corrected chi connectivity index (χ2v) is 5.23. The fourth-order valence-electron chi connectivity index (χ4n) is 3.27. The summed E-state index contributed by atoms with van der Waals surface area (Å²) in [5, 5.41) is 0. The zero-order chi connectivity index (χ0) is 11.3. The minimum absolute atomic E-state index is 0.00626. The predicted molar refractivity (Wildman–Crippen MR) is 55.8 cm³/mol. The lowest BCUT2D eigenvalue weighted by Gasteiger charge is -2.35. The van der Waals surface area contributed by atoms with Gasteiger partial charge < -0.3 is 0 Å². The monoisotopic (exact) mass is 205 g/mol. The fourth-order valence-corrected chi connectivity index (χ4v) is 3.27. The van der Waals surface area contributed by atoms with Gasteiger partial charge in [-0.15, -0.1) is 4.99 Å². The van der Waals surface area contributed by atoms with E-state index >= 15 is 0 Å². The van der Waals surface area contributed by atoms with Crippen molar-refractivity contribution in [3.8, 4) is 0 Å². The lowest BCUT2D eigenvalue weighted by molar-refractivity contribution is -0.125. The number of isocyanates is 1. The highest BCUT2D eigenvalue weighted by atomic mass is 16.2. The van der Waals surface area contributed by atoms with Crippen LogP contribution >= 0.6 is 0 Å². The minimum atomic E-state index is -0.550. The molecular weight excluding hydrogens is 190 g/mol. The van der Waals surface area contributed by atoms with E-state index < -0.39 is 5.41 Å². The van der Waals surface area contributed by atoms with Gasteiger partial charge in [0, 0.05) is 0 Å². The van der Waals surface area contributed by atoms with Gasteiger partial charge in [-0.25, -0.2) is 4.79 Å². The maximum absolute atomic E-state index is 11.8. The van der Waals surface area contributed by atoms with Crippen molar-refractivity contribution in [1.29, 1.82) is 0 Å². The average molecular weight is 205 g/mol. The summed E-state index contributed by atoms with van der Waals surface area (Å²) in [6, 6.07) is 0. The van der Waals surface area contributed by atoms with Gasteiger partial charge in [0.2, 0.25) is 6.08 Å². The van der Waals surface area contributed by atoms with Crippen molar-refractivity contribution in [3.63, 3.8) is 0 Å². The zero-order valence-corrected chi connectivity index (χ0v) is 9.17. The van der Waals surface area contributed by atoms with Crippen molar-refractivity contribution in [3.05, 3.63) is 12.2 Å². The number of aliphatic imine (C=N–C) groups is 1. The van der Waals surface area contributed by atoms with E-state index in [0.29, 0.717) is 5.92 Å². The quantitative estimate of drug-likeness (QED) is 0.374. The van der Waals surface area contributed by atoms with E-state index in [9.17, 15) is 9.59 Å². The van der Waals surface area contributed by atoms with E-state index in [4.69, 9.17) is 0 Å². The van der Waals surface area contributed by atoms with E-state index in [1.165, 1.54) is 6.08 Å². The minimum Gasteiger partial charge on any atom is -0.271 e. The molecular formula is C12H15NO2. The lowest BCUT2D eigenvalue weighted by Crippen LogP contribution is -2.32. The molecule has 0 heterocycles. The van der Waals surface area contributed by atoms with Crippen LogP contribution in [0.15, 0.2) is 17.1 Å². The molecule has 0 radical (unpaired) electrons. The Morgan fingerprint density at radius 3 is 2.73 bits per heavy atom. The van der Waals surface area contributed by atoms with Crippen LogP contribution in [0.2, 0.25) is 0 Å². The normalized spacial score (nSPS) is 36.4. The Hall–Kier alpha value is -1.21. The Morgan fingerprint density at radius 1 is 1.60 bits per heavy atom. The van der Waals surface area contributed by atoms with Crippen LogP contribution < -0.4 is 0 Å². The number of nitrogens with zero attached hydrogens (tertiary/aromatic N) is 1. The molecule has 3 nitrogen and oxygen atoms in total.